The number of fused-ring (bicyclic) bond motifs is 3. The van der Waals surface area contributed by atoms with Crippen molar-refractivity contribution in [2.24, 2.45) is 7.05 Å². The molecule has 0 radical (unpaired) electrons. The largest absolute Gasteiger partial charge is 0.507 e. The van der Waals surface area contributed by atoms with Crippen molar-refractivity contribution in [2.75, 3.05) is 5.32 Å². The van der Waals surface area contributed by atoms with Gasteiger partial charge >= 0.3 is 0 Å². The molecule has 7 heteroatoms. The quantitative estimate of drug-likeness (QED) is 0.588. The van der Waals surface area contributed by atoms with E-state index in [1.54, 1.807) is 42.2 Å². The Balaban J connectivity index is 1.87. The second kappa shape index (κ2) is 5.55. The Morgan fingerprint density at radius 1 is 1.20 bits per heavy atom. The molecule has 4 aromatic rings. The summed E-state index contributed by atoms with van der Waals surface area (Å²) in [6.07, 6.45) is 1.64. The van der Waals surface area contributed by atoms with Gasteiger partial charge in [0, 0.05) is 29.7 Å². The molecule has 1 amide bonds. The molecule has 0 spiro atoms. The number of benzene rings is 1. The number of anilines is 1. The molecule has 0 saturated heterocycles. The maximum atomic E-state index is 12.7. The summed E-state index contributed by atoms with van der Waals surface area (Å²) in [6, 6.07) is 10.5. The lowest BCUT2D eigenvalue weighted by Crippen LogP contribution is -2.14. The van der Waals surface area contributed by atoms with Gasteiger partial charge in [-0.05, 0) is 37.3 Å². The van der Waals surface area contributed by atoms with Crippen LogP contribution in [0.15, 0.2) is 42.6 Å². The second-order valence-electron chi connectivity index (χ2n) is 5.78. The van der Waals surface area contributed by atoms with Gasteiger partial charge in [0.15, 0.2) is 5.69 Å². The number of carbonyl (C=O) groups is 1. The predicted octanol–water partition coefficient (Wildman–Crippen LogP) is 2.78. The summed E-state index contributed by atoms with van der Waals surface area (Å²) < 4.78 is 1.60. The number of hydrogen-bond acceptors (Lipinski definition) is 5. The van der Waals surface area contributed by atoms with Gasteiger partial charge in [-0.15, -0.1) is 0 Å². The molecule has 0 fully saturated rings. The molecular formula is C18H15N5O2. The molecule has 0 aliphatic rings. The summed E-state index contributed by atoms with van der Waals surface area (Å²) in [6.45, 7) is 1.85. The van der Waals surface area contributed by atoms with Crippen molar-refractivity contribution in [2.45, 2.75) is 6.92 Å². The molecule has 3 aromatic heterocycles. The molecule has 0 aliphatic carbocycles. The van der Waals surface area contributed by atoms with Crippen LogP contribution >= 0.6 is 0 Å². The fraction of sp³-hybridized carbons (Fsp3) is 0.111. The van der Waals surface area contributed by atoms with Crippen LogP contribution in [0, 0.1) is 6.92 Å². The number of aromatic nitrogens is 4. The van der Waals surface area contributed by atoms with Gasteiger partial charge in [-0.2, -0.15) is 5.10 Å². The molecule has 0 atom stereocenters. The van der Waals surface area contributed by atoms with Crippen molar-refractivity contribution in [3.05, 3.63) is 54.0 Å². The molecule has 3 heterocycles. The van der Waals surface area contributed by atoms with Crippen molar-refractivity contribution in [1.29, 1.82) is 0 Å². The van der Waals surface area contributed by atoms with E-state index in [1.807, 2.05) is 19.1 Å². The lowest BCUT2D eigenvalue weighted by Gasteiger charge is -2.04. The normalized spacial score (nSPS) is 11.1. The van der Waals surface area contributed by atoms with Gasteiger partial charge in [0.2, 0.25) is 0 Å². The van der Waals surface area contributed by atoms with Crippen LogP contribution in [0.2, 0.25) is 0 Å². The molecule has 25 heavy (non-hydrogen) atoms. The highest BCUT2D eigenvalue weighted by Gasteiger charge is 2.20. The minimum absolute atomic E-state index is 0.0614. The van der Waals surface area contributed by atoms with Crippen LogP contribution in [-0.2, 0) is 7.05 Å². The smallest absolute Gasteiger partial charge is 0.277 e. The summed E-state index contributed by atoms with van der Waals surface area (Å²) in [4.78, 5) is 21.3. The minimum Gasteiger partial charge on any atom is -0.507 e. The molecule has 7 nitrogen and oxygen atoms in total. The van der Waals surface area contributed by atoms with Crippen LogP contribution in [0.1, 0.15) is 16.2 Å². The lowest BCUT2D eigenvalue weighted by atomic mass is 10.1. The van der Waals surface area contributed by atoms with Crippen LogP contribution < -0.4 is 5.32 Å². The molecule has 0 saturated carbocycles. The van der Waals surface area contributed by atoms with Crippen LogP contribution in [0.25, 0.3) is 21.8 Å². The number of nitrogens with one attached hydrogen (secondary N) is 1. The highest BCUT2D eigenvalue weighted by atomic mass is 16.3. The Kier molecular flexibility index (Phi) is 3.35. The summed E-state index contributed by atoms with van der Waals surface area (Å²) in [5, 5.41) is 18.5. The first kappa shape index (κ1) is 15.1. The number of pyridine rings is 2. The third kappa shape index (κ3) is 2.46. The molecule has 4 rings (SSSR count). The van der Waals surface area contributed by atoms with Crippen molar-refractivity contribution >= 4 is 33.5 Å². The molecule has 1 aromatic carbocycles. The van der Waals surface area contributed by atoms with E-state index in [0.717, 1.165) is 5.69 Å². The predicted molar refractivity (Wildman–Crippen MR) is 94.6 cm³/mol. The van der Waals surface area contributed by atoms with Crippen molar-refractivity contribution < 1.29 is 9.90 Å². The van der Waals surface area contributed by atoms with E-state index in [4.69, 9.17) is 0 Å². The van der Waals surface area contributed by atoms with E-state index < -0.39 is 5.91 Å². The number of aryl methyl sites for hydroxylation is 2. The van der Waals surface area contributed by atoms with E-state index in [9.17, 15) is 9.90 Å². The third-order valence-electron chi connectivity index (χ3n) is 4.02. The monoisotopic (exact) mass is 333 g/mol. The van der Waals surface area contributed by atoms with Gasteiger partial charge in [0.05, 0.1) is 11.0 Å². The maximum Gasteiger partial charge on any atom is 0.277 e. The highest BCUT2D eigenvalue weighted by Crippen LogP contribution is 2.32. The summed E-state index contributed by atoms with van der Waals surface area (Å²) in [5.74, 6) is 0.122. The standard InChI is InChI=1S/C18H15N5O2/c1-10-5-3-7-14(20-10)21-18(25)16-12-9-13(24)11-6-4-8-19-15(11)17(12)23(2)22-16/h3-9,24H,1-2H3,(H,20,21,25). The molecule has 0 bridgehead atoms. The van der Waals surface area contributed by atoms with Gasteiger partial charge in [0.25, 0.3) is 5.91 Å². The first-order valence-corrected chi connectivity index (χ1v) is 7.73. The zero-order valence-electron chi connectivity index (χ0n) is 13.7. The number of nitrogens with zero attached hydrogens (tertiary/aromatic N) is 4. The lowest BCUT2D eigenvalue weighted by molar-refractivity contribution is 0.102. The van der Waals surface area contributed by atoms with Gasteiger partial charge in [-0.1, -0.05) is 6.07 Å². The fourth-order valence-electron chi connectivity index (χ4n) is 2.93. The number of carbonyl (C=O) groups excluding carboxylic acids is 1. The Hall–Kier alpha value is -3.48. The Morgan fingerprint density at radius 3 is 2.84 bits per heavy atom. The van der Waals surface area contributed by atoms with Crippen molar-refractivity contribution in [3.63, 3.8) is 0 Å². The summed E-state index contributed by atoms with van der Waals surface area (Å²) in [7, 11) is 1.75. The third-order valence-corrected chi connectivity index (χ3v) is 4.02. The van der Waals surface area contributed by atoms with Crippen LogP contribution in [0.5, 0.6) is 5.75 Å². The van der Waals surface area contributed by atoms with Gasteiger partial charge in [-0.3, -0.25) is 14.5 Å². The van der Waals surface area contributed by atoms with Gasteiger partial charge in [0.1, 0.15) is 11.6 Å². The molecular weight excluding hydrogens is 318 g/mol. The van der Waals surface area contributed by atoms with Crippen molar-refractivity contribution in [1.82, 2.24) is 19.7 Å². The van der Waals surface area contributed by atoms with E-state index in [0.29, 0.717) is 27.6 Å². The number of amides is 1. The maximum absolute atomic E-state index is 12.7. The van der Waals surface area contributed by atoms with Gasteiger partial charge < -0.3 is 10.4 Å². The fourth-order valence-corrected chi connectivity index (χ4v) is 2.93. The zero-order valence-corrected chi connectivity index (χ0v) is 13.7. The number of aromatic hydroxyl groups is 1. The molecule has 0 aliphatic heterocycles. The van der Waals surface area contributed by atoms with E-state index >= 15 is 0 Å². The highest BCUT2D eigenvalue weighted by molar-refractivity contribution is 6.16. The van der Waals surface area contributed by atoms with Crippen molar-refractivity contribution in [3.8, 4) is 5.75 Å². The van der Waals surface area contributed by atoms with Crippen LogP contribution in [0.4, 0.5) is 5.82 Å². The number of hydrogen-bond donors (Lipinski definition) is 2. The average Bonchev–Trinajstić information content (AvgIpc) is 2.92. The second-order valence-corrected chi connectivity index (χ2v) is 5.78. The minimum atomic E-state index is -0.390. The Morgan fingerprint density at radius 2 is 2.04 bits per heavy atom. The number of phenolic OH excluding ortho intramolecular Hbond substituents is 1. The first-order chi connectivity index (χ1) is 12.0. The average molecular weight is 333 g/mol. The summed E-state index contributed by atoms with van der Waals surface area (Å²) in [5.41, 5.74) is 2.30. The zero-order chi connectivity index (χ0) is 17.6. The van der Waals surface area contributed by atoms with Crippen LogP contribution in [0.3, 0.4) is 0 Å². The number of phenols is 1. The molecule has 2 N–H and O–H groups in total. The summed E-state index contributed by atoms with van der Waals surface area (Å²) >= 11 is 0. The number of rotatable bonds is 2. The van der Waals surface area contributed by atoms with E-state index in [2.05, 4.69) is 20.4 Å². The topological polar surface area (TPSA) is 92.9 Å². The Bertz CT molecular complexity index is 1130. The Labute approximate surface area is 142 Å². The first-order valence-electron chi connectivity index (χ1n) is 7.73. The molecule has 0 unspecified atom stereocenters. The SMILES string of the molecule is Cc1cccc(NC(=O)c2nn(C)c3c2cc(O)c2cccnc23)n1. The van der Waals surface area contributed by atoms with Gasteiger partial charge in [-0.25, -0.2) is 4.98 Å². The molecule has 124 valence electrons. The van der Waals surface area contributed by atoms with Crippen LogP contribution in [-0.4, -0.2) is 30.8 Å². The van der Waals surface area contributed by atoms with E-state index in [-0.39, 0.29) is 11.4 Å². The van der Waals surface area contributed by atoms with E-state index in [1.165, 1.54) is 0 Å².